The first-order chi connectivity index (χ1) is 23.9. The van der Waals surface area contributed by atoms with Crippen molar-refractivity contribution in [1.82, 2.24) is 4.90 Å². The minimum absolute atomic E-state index is 0.0953. The number of allylic oxidation sites excluding steroid dienone is 1. The number of ether oxygens (including phenoxy) is 3. The smallest absolute Gasteiger partial charge is 0.343 e. The summed E-state index contributed by atoms with van der Waals surface area (Å²) < 4.78 is 46.8. The zero-order chi connectivity index (χ0) is 36.5. The average molecular weight is 732 g/mol. The number of nitrogens with two attached hydrogens (primary N) is 1. The molecule has 4 rings (SSSR count). The normalized spacial score (nSPS) is 17.0. The quantitative estimate of drug-likeness (QED) is 0.0401. The third-order valence-electron chi connectivity index (χ3n) is 9.32. The summed E-state index contributed by atoms with van der Waals surface area (Å²) in [6.07, 6.45) is 8.40. The molecule has 2 aliphatic rings. The lowest BCUT2D eigenvalue weighted by molar-refractivity contribution is -0.427. The fourth-order valence-corrected chi connectivity index (χ4v) is 9.53. The number of benzene rings is 1. The van der Waals surface area contributed by atoms with Crippen molar-refractivity contribution in [3.63, 3.8) is 0 Å². The molecule has 0 atom stereocenters. The molecular formula is C37H55N4O7S2+. The number of amidine groups is 2. The summed E-state index contributed by atoms with van der Waals surface area (Å²) in [5.41, 5.74) is 8.98. The second kappa shape index (κ2) is 17.9. The van der Waals surface area contributed by atoms with Gasteiger partial charge in [-0.15, -0.1) is 15.3 Å². The molecule has 1 amide bonds. The first kappa shape index (κ1) is 39.7. The molecule has 1 aliphatic heterocycles. The molecule has 13 heteroatoms. The molecule has 0 saturated heterocycles. The Kier molecular flexibility index (Phi) is 14.2. The molecule has 276 valence electrons. The fraction of sp³-hybridized carbons (Fsp3) is 0.595. The number of methoxy groups -OCH3 is 1. The number of rotatable bonds is 19. The van der Waals surface area contributed by atoms with Crippen molar-refractivity contribution < 1.29 is 36.5 Å². The van der Waals surface area contributed by atoms with E-state index in [2.05, 4.69) is 6.92 Å². The van der Waals surface area contributed by atoms with Crippen molar-refractivity contribution in [2.75, 3.05) is 33.7 Å². The first-order valence-corrected chi connectivity index (χ1v) is 20.0. The van der Waals surface area contributed by atoms with Gasteiger partial charge in [-0.3, -0.25) is 20.4 Å². The molecule has 2 aromatic rings. The Morgan fingerprint density at radius 1 is 1.06 bits per heavy atom. The van der Waals surface area contributed by atoms with Crippen LogP contribution in [0.15, 0.2) is 44.8 Å². The number of carbonyl (C=O) groups excluding carboxylic acids is 1. The predicted octanol–water partition coefficient (Wildman–Crippen LogP) is 6.81. The van der Waals surface area contributed by atoms with Crippen LogP contribution in [0.5, 0.6) is 0 Å². The van der Waals surface area contributed by atoms with E-state index < -0.39 is 15.6 Å². The van der Waals surface area contributed by atoms with E-state index in [4.69, 9.17) is 24.9 Å². The minimum Gasteiger partial charge on any atom is -0.512 e. The minimum atomic E-state index is -4.26. The van der Waals surface area contributed by atoms with Gasteiger partial charge in [-0.05, 0) is 69.2 Å². The van der Waals surface area contributed by atoms with Crippen LogP contribution < -0.4 is 5.73 Å². The van der Waals surface area contributed by atoms with Gasteiger partial charge < -0.3 is 19.3 Å². The zero-order valence-corrected chi connectivity index (χ0v) is 32.2. The molecule has 1 aromatic heterocycles. The van der Waals surface area contributed by atoms with Gasteiger partial charge in [0.15, 0.2) is 4.21 Å². The number of hydrogen-bond acceptors (Lipinski definition) is 9. The molecule has 2 heterocycles. The van der Waals surface area contributed by atoms with Crippen LogP contribution in [0.3, 0.4) is 0 Å². The number of aliphatic hydroxyl groups excluding tert-OH is 1. The lowest BCUT2D eigenvalue weighted by atomic mass is 9.97. The zero-order valence-electron chi connectivity index (χ0n) is 30.5. The fourth-order valence-electron chi connectivity index (χ4n) is 6.44. The van der Waals surface area contributed by atoms with Gasteiger partial charge in [0, 0.05) is 30.6 Å². The van der Waals surface area contributed by atoms with Crippen molar-refractivity contribution in [3.8, 4) is 11.1 Å². The molecule has 1 aromatic carbocycles. The van der Waals surface area contributed by atoms with Crippen molar-refractivity contribution in [2.24, 2.45) is 10.7 Å². The van der Waals surface area contributed by atoms with Gasteiger partial charge in [-0.2, -0.15) is 8.42 Å². The maximum absolute atomic E-state index is 14.5. The number of aliphatic imine (C=N–C) groups is 1. The highest BCUT2D eigenvalue weighted by atomic mass is 32.2. The number of aryl methyl sites for hydroxylation is 1. The number of unbranched alkanes of at least 4 members (excludes halogenated alkanes) is 2. The van der Waals surface area contributed by atoms with Crippen LogP contribution in [0.2, 0.25) is 0 Å². The van der Waals surface area contributed by atoms with Gasteiger partial charge in [-0.25, -0.2) is 0 Å². The predicted molar refractivity (Wildman–Crippen MR) is 198 cm³/mol. The number of carbonyl (C=O) groups is 1. The highest BCUT2D eigenvalue weighted by molar-refractivity contribution is 7.88. The van der Waals surface area contributed by atoms with E-state index in [1.54, 1.807) is 6.92 Å². The number of thiophene rings is 1. The summed E-state index contributed by atoms with van der Waals surface area (Å²) in [5, 5.41) is 10.2. The van der Waals surface area contributed by atoms with Gasteiger partial charge in [0.05, 0.1) is 31.9 Å². The van der Waals surface area contributed by atoms with E-state index in [0.717, 1.165) is 94.9 Å². The van der Waals surface area contributed by atoms with Gasteiger partial charge in [-0.1, -0.05) is 57.7 Å². The maximum Gasteiger partial charge on any atom is 0.343 e. The van der Waals surface area contributed by atoms with E-state index >= 15 is 0 Å². The molecule has 3 N–H and O–H groups in total. The Labute approximate surface area is 301 Å². The van der Waals surface area contributed by atoms with Crippen molar-refractivity contribution in [3.05, 3.63) is 51.6 Å². The Morgan fingerprint density at radius 3 is 2.46 bits per heavy atom. The molecule has 0 unspecified atom stereocenters. The Balaban J connectivity index is 1.77. The van der Waals surface area contributed by atoms with Crippen molar-refractivity contribution in [1.29, 1.82) is 0 Å². The van der Waals surface area contributed by atoms with Gasteiger partial charge >= 0.3 is 10.0 Å². The molecule has 1 fully saturated rings. The van der Waals surface area contributed by atoms with Crippen LogP contribution in [0, 0.1) is 6.92 Å². The molecule has 0 radical (unpaired) electrons. The molecular weight excluding hydrogens is 677 g/mol. The lowest BCUT2D eigenvalue weighted by Gasteiger charge is -2.23. The number of aliphatic hydroxyl groups is 1. The molecule has 50 heavy (non-hydrogen) atoms. The third-order valence-corrected chi connectivity index (χ3v) is 12.6. The van der Waals surface area contributed by atoms with Crippen LogP contribution in [0.4, 0.5) is 0 Å². The van der Waals surface area contributed by atoms with Gasteiger partial charge in [0.25, 0.3) is 11.7 Å². The number of nitrogens with zero attached hydrogens (tertiary/aromatic N) is 3. The highest BCUT2D eigenvalue weighted by Gasteiger charge is 2.49. The lowest BCUT2D eigenvalue weighted by Crippen LogP contribution is -2.40. The van der Waals surface area contributed by atoms with Crippen molar-refractivity contribution >= 4 is 38.9 Å². The molecule has 1 saturated carbocycles. The van der Waals surface area contributed by atoms with Gasteiger partial charge in [0.1, 0.15) is 17.1 Å². The van der Waals surface area contributed by atoms with Crippen LogP contribution >= 0.6 is 11.3 Å². The molecule has 11 nitrogen and oxygen atoms in total. The van der Waals surface area contributed by atoms with E-state index in [-0.39, 0.29) is 53.8 Å². The number of amides is 1. The second-order valence-electron chi connectivity index (χ2n) is 13.2. The van der Waals surface area contributed by atoms with Crippen LogP contribution in [-0.4, -0.2) is 79.2 Å². The highest BCUT2D eigenvalue weighted by Crippen LogP contribution is 2.41. The van der Waals surface area contributed by atoms with E-state index in [1.807, 2.05) is 43.0 Å². The summed E-state index contributed by atoms with van der Waals surface area (Å²) in [4.78, 5) is 21.7. The average Bonchev–Trinajstić information content (AvgIpc) is 3.79. The van der Waals surface area contributed by atoms with E-state index in [9.17, 15) is 18.3 Å². The summed E-state index contributed by atoms with van der Waals surface area (Å²) in [6, 6.07) is 7.78. The summed E-state index contributed by atoms with van der Waals surface area (Å²) in [7, 11) is -2.73. The summed E-state index contributed by atoms with van der Waals surface area (Å²) in [6.45, 7) is 10.3. The SMILES string of the molecule is CCCCCC1=NC2(CCCC2)C(=O)N1Cc1ccc(-c2cc(C)sc2S(=O)(=O)[N+](COCCOC)=C(N)/C(C)=C(/C)O)c(COCCC)c1. The third kappa shape index (κ3) is 9.03. The Morgan fingerprint density at radius 2 is 1.80 bits per heavy atom. The second-order valence-corrected chi connectivity index (χ2v) is 16.5. The van der Waals surface area contributed by atoms with Crippen LogP contribution in [0.25, 0.3) is 11.1 Å². The van der Waals surface area contributed by atoms with E-state index in [0.29, 0.717) is 24.3 Å². The van der Waals surface area contributed by atoms with Gasteiger partial charge in [0.2, 0.25) is 6.73 Å². The van der Waals surface area contributed by atoms with Crippen molar-refractivity contribution in [2.45, 2.75) is 115 Å². The molecule has 0 bridgehead atoms. The van der Waals surface area contributed by atoms with Crippen LogP contribution in [-0.2, 0) is 42.2 Å². The van der Waals surface area contributed by atoms with Crippen LogP contribution in [0.1, 0.15) is 101 Å². The standard InChI is InChI=1S/C37H54N4O7S2/c1-7-9-10-13-33-39-37(16-11-12-17-37)36(43)40(33)23-29-14-15-31(30(22-29)24-47-18-8-2)32-21-26(3)49-35(32)50(44,45)41(25-48-20-19-46-6)34(38)27(4)28(5)42/h14-15,21-22H,7-13,16-20,23-25H2,1-6H3,(H2,38,42)/p+1. The van der Waals surface area contributed by atoms with E-state index in [1.165, 1.54) is 14.0 Å². The Bertz CT molecular complexity index is 1700. The Hall–Kier alpha value is -3.10. The number of sulfonamides is 1. The summed E-state index contributed by atoms with van der Waals surface area (Å²) >= 11 is 1.15. The first-order valence-electron chi connectivity index (χ1n) is 17.7. The largest absolute Gasteiger partial charge is 0.512 e. The topological polar surface area (TPSA) is 144 Å². The molecule has 1 spiro atoms. The summed E-state index contributed by atoms with van der Waals surface area (Å²) in [5.74, 6) is 0.750. The monoisotopic (exact) mass is 731 g/mol. The number of hydrogen-bond donors (Lipinski definition) is 2. The maximum atomic E-state index is 14.5. The molecule has 1 aliphatic carbocycles.